The van der Waals surface area contributed by atoms with E-state index in [-0.39, 0.29) is 22.9 Å². The van der Waals surface area contributed by atoms with Gasteiger partial charge in [0.2, 0.25) is 0 Å². The number of hydrogen-bond acceptors (Lipinski definition) is 2. The Labute approximate surface area is 85.4 Å². The van der Waals surface area contributed by atoms with Crippen molar-refractivity contribution in [3.8, 4) is 0 Å². The summed E-state index contributed by atoms with van der Waals surface area (Å²) in [4.78, 5) is 23.3. The van der Waals surface area contributed by atoms with Crippen molar-refractivity contribution in [3.63, 3.8) is 0 Å². The summed E-state index contributed by atoms with van der Waals surface area (Å²) in [6, 6.07) is 0. The van der Waals surface area contributed by atoms with Crippen molar-refractivity contribution in [2.24, 2.45) is 11.3 Å². The van der Waals surface area contributed by atoms with Crippen LogP contribution in [0.2, 0.25) is 0 Å². The molecule has 0 heterocycles. The smallest absolute Gasteiger partial charge is 0.158 e. The lowest BCUT2D eigenvalue weighted by Crippen LogP contribution is -2.28. The fourth-order valence-corrected chi connectivity index (χ4v) is 1.87. The molecular formula is C12H18O2. The standard InChI is InChI=1S/C12H18O2/c1-8-5-9(2)11(14)7-12(3,4)6-10(8)13/h9H,1,5-7H2,2-4H3. The minimum atomic E-state index is -0.203. The van der Waals surface area contributed by atoms with Crippen LogP contribution in [0.5, 0.6) is 0 Å². The monoisotopic (exact) mass is 194 g/mol. The average molecular weight is 194 g/mol. The maximum absolute atomic E-state index is 11.7. The third-order valence-electron chi connectivity index (χ3n) is 2.79. The molecule has 0 aromatic heterocycles. The Morgan fingerprint density at radius 3 is 2.43 bits per heavy atom. The number of allylic oxidation sites excluding steroid dienone is 1. The molecule has 0 spiro atoms. The second kappa shape index (κ2) is 3.68. The van der Waals surface area contributed by atoms with Gasteiger partial charge < -0.3 is 0 Å². The summed E-state index contributed by atoms with van der Waals surface area (Å²) < 4.78 is 0. The molecular weight excluding hydrogens is 176 g/mol. The molecule has 1 atom stereocenters. The van der Waals surface area contributed by atoms with Crippen LogP contribution in [0.3, 0.4) is 0 Å². The fourth-order valence-electron chi connectivity index (χ4n) is 1.87. The highest BCUT2D eigenvalue weighted by Crippen LogP contribution is 2.32. The first-order valence-corrected chi connectivity index (χ1v) is 5.05. The van der Waals surface area contributed by atoms with E-state index in [0.717, 1.165) is 0 Å². The van der Waals surface area contributed by atoms with Crippen LogP contribution in [0.15, 0.2) is 12.2 Å². The molecule has 1 unspecified atom stereocenters. The van der Waals surface area contributed by atoms with Gasteiger partial charge in [-0.1, -0.05) is 27.4 Å². The lowest BCUT2D eigenvalue weighted by atomic mass is 9.75. The molecule has 1 fully saturated rings. The topological polar surface area (TPSA) is 34.1 Å². The lowest BCUT2D eigenvalue weighted by molar-refractivity contribution is -0.126. The number of carbonyl (C=O) groups excluding carboxylic acids is 2. The number of Topliss-reactive ketones (excluding diaryl/α,β-unsaturated/α-hetero) is 2. The van der Waals surface area contributed by atoms with Gasteiger partial charge in [0.05, 0.1) is 0 Å². The highest BCUT2D eigenvalue weighted by Gasteiger charge is 2.31. The summed E-state index contributed by atoms with van der Waals surface area (Å²) in [6.45, 7) is 9.56. The summed E-state index contributed by atoms with van der Waals surface area (Å²) >= 11 is 0. The van der Waals surface area contributed by atoms with E-state index in [4.69, 9.17) is 0 Å². The lowest BCUT2D eigenvalue weighted by Gasteiger charge is -2.28. The van der Waals surface area contributed by atoms with Gasteiger partial charge in [-0.3, -0.25) is 9.59 Å². The summed E-state index contributed by atoms with van der Waals surface area (Å²) in [5.74, 6) is 0.323. The van der Waals surface area contributed by atoms with Crippen molar-refractivity contribution < 1.29 is 9.59 Å². The van der Waals surface area contributed by atoms with E-state index in [1.54, 1.807) is 0 Å². The van der Waals surface area contributed by atoms with Crippen LogP contribution >= 0.6 is 0 Å². The molecule has 0 aromatic carbocycles. The van der Waals surface area contributed by atoms with Gasteiger partial charge in [-0.05, 0) is 17.4 Å². The quantitative estimate of drug-likeness (QED) is 0.555. The number of hydrogen-bond donors (Lipinski definition) is 0. The van der Waals surface area contributed by atoms with E-state index in [1.165, 1.54) is 0 Å². The highest BCUT2D eigenvalue weighted by molar-refractivity contribution is 5.97. The molecule has 0 aliphatic heterocycles. The molecule has 2 nitrogen and oxygen atoms in total. The van der Waals surface area contributed by atoms with Crippen LogP contribution in [0.4, 0.5) is 0 Å². The second-order valence-electron chi connectivity index (χ2n) is 5.12. The van der Waals surface area contributed by atoms with Gasteiger partial charge in [-0.25, -0.2) is 0 Å². The van der Waals surface area contributed by atoms with Gasteiger partial charge in [0.15, 0.2) is 5.78 Å². The molecule has 78 valence electrons. The largest absolute Gasteiger partial charge is 0.299 e. The van der Waals surface area contributed by atoms with E-state index in [1.807, 2.05) is 20.8 Å². The zero-order valence-corrected chi connectivity index (χ0v) is 9.22. The Hall–Kier alpha value is -0.920. The van der Waals surface area contributed by atoms with Gasteiger partial charge in [-0.15, -0.1) is 0 Å². The molecule has 14 heavy (non-hydrogen) atoms. The molecule has 0 saturated heterocycles. The molecule has 0 amide bonds. The Morgan fingerprint density at radius 2 is 1.86 bits per heavy atom. The maximum Gasteiger partial charge on any atom is 0.158 e. The second-order valence-corrected chi connectivity index (χ2v) is 5.12. The van der Waals surface area contributed by atoms with Crippen LogP contribution < -0.4 is 0 Å². The van der Waals surface area contributed by atoms with Crippen molar-refractivity contribution in [2.45, 2.75) is 40.0 Å². The van der Waals surface area contributed by atoms with Crippen molar-refractivity contribution in [3.05, 3.63) is 12.2 Å². The minimum Gasteiger partial charge on any atom is -0.299 e. The number of rotatable bonds is 0. The van der Waals surface area contributed by atoms with Gasteiger partial charge in [0, 0.05) is 18.8 Å². The predicted octanol–water partition coefficient (Wildman–Crippen LogP) is 2.53. The highest BCUT2D eigenvalue weighted by atomic mass is 16.1. The normalized spacial score (nSPS) is 28.5. The SMILES string of the molecule is C=C1CC(C)C(=O)CC(C)(C)CC1=O. The van der Waals surface area contributed by atoms with Gasteiger partial charge in [0.25, 0.3) is 0 Å². The van der Waals surface area contributed by atoms with Crippen LogP contribution in [0.1, 0.15) is 40.0 Å². The zero-order valence-electron chi connectivity index (χ0n) is 9.22. The maximum atomic E-state index is 11.7. The third-order valence-corrected chi connectivity index (χ3v) is 2.79. The van der Waals surface area contributed by atoms with Crippen molar-refractivity contribution >= 4 is 11.6 Å². The molecule has 0 bridgehead atoms. The Kier molecular flexibility index (Phi) is 2.93. The van der Waals surface area contributed by atoms with Gasteiger partial charge in [0.1, 0.15) is 5.78 Å². The molecule has 0 radical (unpaired) electrons. The summed E-state index contributed by atoms with van der Waals surface area (Å²) in [6.07, 6.45) is 1.49. The first-order valence-electron chi connectivity index (χ1n) is 5.05. The van der Waals surface area contributed by atoms with Crippen molar-refractivity contribution in [2.75, 3.05) is 0 Å². The third kappa shape index (κ3) is 2.53. The summed E-state index contributed by atoms with van der Waals surface area (Å²) in [5.41, 5.74) is 0.407. The Balaban J connectivity index is 2.89. The zero-order chi connectivity index (χ0) is 10.9. The average Bonchev–Trinajstić information content (AvgIpc) is 2.00. The van der Waals surface area contributed by atoms with E-state index < -0.39 is 0 Å². The molecule has 0 aromatic rings. The van der Waals surface area contributed by atoms with Gasteiger partial charge >= 0.3 is 0 Å². The van der Waals surface area contributed by atoms with E-state index in [0.29, 0.717) is 24.8 Å². The number of ketones is 2. The summed E-state index contributed by atoms with van der Waals surface area (Å²) in [7, 11) is 0. The first-order chi connectivity index (χ1) is 6.32. The van der Waals surface area contributed by atoms with Crippen molar-refractivity contribution in [1.82, 2.24) is 0 Å². The molecule has 1 saturated carbocycles. The molecule has 0 N–H and O–H groups in total. The Bertz CT molecular complexity index is 287. The van der Waals surface area contributed by atoms with Crippen LogP contribution in [0, 0.1) is 11.3 Å². The van der Waals surface area contributed by atoms with Crippen molar-refractivity contribution in [1.29, 1.82) is 0 Å². The molecule has 1 aliphatic carbocycles. The molecule has 2 heteroatoms. The van der Waals surface area contributed by atoms with Crippen LogP contribution in [-0.4, -0.2) is 11.6 Å². The van der Waals surface area contributed by atoms with Crippen LogP contribution in [0.25, 0.3) is 0 Å². The Morgan fingerprint density at radius 1 is 1.29 bits per heavy atom. The summed E-state index contributed by atoms with van der Waals surface area (Å²) in [5, 5.41) is 0. The molecule has 1 aliphatic rings. The van der Waals surface area contributed by atoms with Gasteiger partial charge in [-0.2, -0.15) is 0 Å². The predicted molar refractivity (Wildman–Crippen MR) is 56.0 cm³/mol. The molecule has 1 rings (SSSR count). The first kappa shape index (κ1) is 11.2. The van der Waals surface area contributed by atoms with Crippen LogP contribution in [-0.2, 0) is 9.59 Å². The number of carbonyl (C=O) groups is 2. The minimum absolute atomic E-state index is 0.0500. The fraction of sp³-hybridized carbons (Fsp3) is 0.667. The van der Waals surface area contributed by atoms with E-state index >= 15 is 0 Å². The van der Waals surface area contributed by atoms with E-state index in [9.17, 15) is 9.59 Å². The van der Waals surface area contributed by atoms with E-state index in [2.05, 4.69) is 6.58 Å².